The average Bonchev–Trinajstić information content (AvgIpc) is 3.20. The Bertz CT molecular complexity index is 656. The number of alkyl halides is 2. The van der Waals surface area contributed by atoms with Crippen LogP contribution in [0.4, 0.5) is 13.9 Å². The van der Waals surface area contributed by atoms with Crippen LogP contribution in [0.1, 0.15) is 12.8 Å². The summed E-state index contributed by atoms with van der Waals surface area (Å²) < 4.78 is 29.3. The first kappa shape index (κ1) is 13.9. The van der Waals surface area contributed by atoms with Crippen molar-refractivity contribution in [3.8, 4) is 17.0 Å². The number of halogens is 2. The molecule has 1 amide bonds. The van der Waals surface area contributed by atoms with Crippen LogP contribution in [0.2, 0.25) is 0 Å². The fourth-order valence-electron chi connectivity index (χ4n) is 1.88. The molecule has 0 unspecified atom stereocenters. The van der Waals surface area contributed by atoms with E-state index in [0.717, 1.165) is 12.8 Å². The van der Waals surface area contributed by atoms with E-state index in [1.54, 1.807) is 23.6 Å². The molecule has 4 nitrogen and oxygen atoms in total. The van der Waals surface area contributed by atoms with E-state index >= 15 is 0 Å². The van der Waals surface area contributed by atoms with E-state index in [-0.39, 0.29) is 17.6 Å². The number of nitrogens with zero attached hydrogens (tertiary/aromatic N) is 1. The molecule has 0 saturated heterocycles. The van der Waals surface area contributed by atoms with E-state index < -0.39 is 6.61 Å². The summed E-state index contributed by atoms with van der Waals surface area (Å²) in [6, 6.07) is 6.45. The van der Waals surface area contributed by atoms with Crippen molar-refractivity contribution < 1.29 is 18.3 Å². The average molecular weight is 310 g/mol. The van der Waals surface area contributed by atoms with Gasteiger partial charge in [-0.3, -0.25) is 4.79 Å². The molecule has 21 heavy (non-hydrogen) atoms. The second kappa shape index (κ2) is 5.77. The van der Waals surface area contributed by atoms with Crippen molar-refractivity contribution in [3.05, 3.63) is 29.6 Å². The lowest BCUT2D eigenvalue weighted by atomic mass is 10.1. The predicted molar refractivity (Wildman–Crippen MR) is 75.5 cm³/mol. The number of thiazole rings is 1. The zero-order chi connectivity index (χ0) is 14.8. The standard InChI is InChI=1S/C14H12F2N2O2S/c15-13(16)20-11-4-2-1-3-9(11)10-7-21-14(17-10)18-12(19)8-5-6-8/h1-4,7-8,13H,5-6H2,(H,17,18,19). The smallest absolute Gasteiger partial charge is 0.387 e. The zero-order valence-electron chi connectivity index (χ0n) is 10.9. The van der Waals surface area contributed by atoms with E-state index in [0.29, 0.717) is 16.4 Å². The van der Waals surface area contributed by atoms with Crippen LogP contribution in [0.25, 0.3) is 11.3 Å². The van der Waals surface area contributed by atoms with Gasteiger partial charge in [-0.1, -0.05) is 12.1 Å². The summed E-state index contributed by atoms with van der Waals surface area (Å²) in [4.78, 5) is 15.9. The number of carbonyl (C=O) groups is 1. The van der Waals surface area contributed by atoms with Gasteiger partial charge in [0.2, 0.25) is 5.91 Å². The van der Waals surface area contributed by atoms with E-state index in [1.165, 1.54) is 17.4 Å². The molecule has 1 fully saturated rings. The molecule has 2 aromatic rings. The van der Waals surface area contributed by atoms with Gasteiger partial charge in [-0.05, 0) is 25.0 Å². The van der Waals surface area contributed by atoms with Crippen LogP contribution >= 0.6 is 11.3 Å². The minimum absolute atomic E-state index is 0.0342. The maximum atomic E-state index is 12.4. The lowest BCUT2D eigenvalue weighted by Gasteiger charge is -2.08. The number of nitrogens with one attached hydrogen (secondary N) is 1. The Labute approximate surface area is 123 Å². The predicted octanol–water partition coefficient (Wildman–Crippen LogP) is 3.76. The molecule has 1 aromatic carbocycles. The minimum Gasteiger partial charge on any atom is -0.434 e. The molecule has 0 radical (unpaired) electrons. The van der Waals surface area contributed by atoms with Gasteiger partial charge in [-0.15, -0.1) is 11.3 Å². The summed E-state index contributed by atoms with van der Waals surface area (Å²) in [7, 11) is 0. The third kappa shape index (κ3) is 3.36. The van der Waals surface area contributed by atoms with Crippen LogP contribution in [-0.2, 0) is 4.79 Å². The number of carbonyl (C=O) groups excluding carboxylic acids is 1. The van der Waals surface area contributed by atoms with Crippen LogP contribution in [0, 0.1) is 5.92 Å². The fraction of sp³-hybridized carbons (Fsp3) is 0.286. The summed E-state index contributed by atoms with van der Waals surface area (Å²) in [5.41, 5.74) is 0.975. The summed E-state index contributed by atoms with van der Waals surface area (Å²) in [6.45, 7) is -2.89. The number of anilines is 1. The van der Waals surface area contributed by atoms with Gasteiger partial charge in [0.05, 0.1) is 5.69 Å². The normalized spacial score (nSPS) is 14.2. The molecule has 1 heterocycles. The van der Waals surface area contributed by atoms with Crippen molar-refractivity contribution in [3.63, 3.8) is 0 Å². The number of hydrogen-bond donors (Lipinski definition) is 1. The Kier molecular flexibility index (Phi) is 3.83. The van der Waals surface area contributed by atoms with Gasteiger partial charge in [-0.2, -0.15) is 8.78 Å². The molecule has 0 bridgehead atoms. The van der Waals surface area contributed by atoms with Gasteiger partial charge in [0, 0.05) is 16.9 Å². The quantitative estimate of drug-likeness (QED) is 0.915. The lowest BCUT2D eigenvalue weighted by molar-refractivity contribution is -0.117. The third-order valence-electron chi connectivity index (χ3n) is 3.06. The topological polar surface area (TPSA) is 51.2 Å². The lowest BCUT2D eigenvalue weighted by Crippen LogP contribution is -2.12. The minimum atomic E-state index is -2.89. The van der Waals surface area contributed by atoms with Crippen molar-refractivity contribution in [2.45, 2.75) is 19.5 Å². The number of amides is 1. The third-order valence-corrected chi connectivity index (χ3v) is 3.82. The van der Waals surface area contributed by atoms with E-state index in [1.807, 2.05) is 0 Å². The van der Waals surface area contributed by atoms with Gasteiger partial charge in [0.1, 0.15) is 5.75 Å². The largest absolute Gasteiger partial charge is 0.434 e. The summed E-state index contributed by atoms with van der Waals surface area (Å²) in [6.07, 6.45) is 1.82. The van der Waals surface area contributed by atoms with E-state index in [4.69, 9.17) is 0 Å². The van der Waals surface area contributed by atoms with Crippen LogP contribution in [0.3, 0.4) is 0 Å². The number of benzene rings is 1. The van der Waals surface area contributed by atoms with E-state index in [9.17, 15) is 13.6 Å². The monoisotopic (exact) mass is 310 g/mol. The molecule has 1 aliphatic carbocycles. The van der Waals surface area contributed by atoms with Gasteiger partial charge in [-0.25, -0.2) is 4.98 Å². The van der Waals surface area contributed by atoms with Crippen LogP contribution in [0.5, 0.6) is 5.75 Å². The highest BCUT2D eigenvalue weighted by Crippen LogP contribution is 2.34. The van der Waals surface area contributed by atoms with Crippen LogP contribution < -0.4 is 10.1 Å². The van der Waals surface area contributed by atoms with Crippen molar-refractivity contribution in [2.24, 2.45) is 5.92 Å². The molecular formula is C14H12F2N2O2S. The molecule has 1 saturated carbocycles. The van der Waals surface area contributed by atoms with Gasteiger partial charge < -0.3 is 10.1 Å². The summed E-state index contributed by atoms with van der Waals surface area (Å²) >= 11 is 1.26. The van der Waals surface area contributed by atoms with Gasteiger partial charge in [0.25, 0.3) is 0 Å². The molecule has 7 heteroatoms. The van der Waals surface area contributed by atoms with E-state index in [2.05, 4.69) is 15.0 Å². The highest BCUT2D eigenvalue weighted by atomic mass is 32.1. The number of ether oxygens (including phenoxy) is 1. The Morgan fingerprint density at radius 1 is 1.38 bits per heavy atom. The first-order valence-corrected chi connectivity index (χ1v) is 7.32. The van der Waals surface area contributed by atoms with Crippen molar-refractivity contribution >= 4 is 22.4 Å². The number of rotatable bonds is 5. The Morgan fingerprint density at radius 2 is 2.14 bits per heavy atom. The number of hydrogen-bond acceptors (Lipinski definition) is 4. The second-order valence-corrected chi connectivity index (χ2v) is 5.53. The molecule has 110 valence electrons. The molecular weight excluding hydrogens is 298 g/mol. The van der Waals surface area contributed by atoms with Crippen molar-refractivity contribution in [1.29, 1.82) is 0 Å². The molecule has 1 aromatic heterocycles. The molecule has 0 atom stereocenters. The number of para-hydroxylation sites is 1. The molecule has 0 aliphatic heterocycles. The summed E-state index contributed by atoms with van der Waals surface area (Å²) in [5.74, 6) is 0.123. The molecule has 1 N–H and O–H groups in total. The van der Waals surface area contributed by atoms with Gasteiger partial charge >= 0.3 is 6.61 Å². The first-order valence-electron chi connectivity index (χ1n) is 6.44. The SMILES string of the molecule is O=C(Nc1nc(-c2ccccc2OC(F)F)cs1)C1CC1. The first-order chi connectivity index (χ1) is 10.1. The number of aromatic nitrogens is 1. The molecule has 3 rings (SSSR count). The Morgan fingerprint density at radius 3 is 2.86 bits per heavy atom. The second-order valence-electron chi connectivity index (χ2n) is 4.68. The highest BCUT2D eigenvalue weighted by molar-refractivity contribution is 7.14. The van der Waals surface area contributed by atoms with Crippen LogP contribution in [-0.4, -0.2) is 17.5 Å². The fourth-order valence-corrected chi connectivity index (χ4v) is 2.60. The maximum Gasteiger partial charge on any atom is 0.387 e. The highest BCUT2D eigenvalue weighted by Gasteiger charge is 2.30. The molecule has 0 spiro atoms. The maximum absolute atomic E-state index is 12.4. The van der Waals surface area contributed by atoms with Crippen LogP contribution in [0.15, 0.2) is 29.6 Å². The van der Waals surface area contributed by atoms with Crippen molar-refractivity contribution in [1.82, 2.24) is 4.98 Å². The Hall–Kier alpha value is -2.02. The molecule has 1 aliphatic rings. The Balaban J connectivity index is 1.80. The summed E-state index contributed by atoms with van der Waals surface area (Å²) in [5, 5.41) is 4.90. The van der Waals surface area contributed by atoms with Crippen molar-refractivity contribution in [2.75, 3.05) is 5.32 Å². The van der Waals surface area contributed by atoms with Gasteiger partial charge in [0.15, 0.2) is 5.13 Å². The zero-order valence-corrected chi connectivity index (χ0v) is 11.7.